The number of methoxy groups -OCH3 is 2. The summed E-state index contributed by atoms with van der Waals surface area (Å²) in [6, 6.07) is 12.6. The fourth-order valence-electron chi connectivity index (χ4n) is 2.20. The Labute approximate surface area is 157 Å². The lowest BCUT2D eigenvalue weighted by Gasteiger charge is -2.14. The fourth-order valence-corrected chi connectivity index (χ4v) is 3.07. The first kappa shape index (κ1) is 19.7. The summed E-state index contributed by atoms with van der Waals surface area (Å²) in [6.45, 7) is 3.29. The predicted molar refractivity (Wildman–Crippen MR) is 104 cm³/mol. The Morgan fingerprint density at radius 1 is 0.923 bits per heavy atom. The molecule has 0 heterocycles. The number of amides is 2. The molecule has 6 nitrogen and oxygen atoms in total. The summed E-state index contributed by atoms with van der Waals surface area (Å²) >= 11 is 1.43. The van der Waals surface area contributed by atoms with Crippen LogP contribution in [0, 0.1) is 0 Å². The fraction of sp³-hybridized carbons (Fsp3) is 0.263. The molecule has 0 bridgehead atoms. The van der Waals surface area contributed by atoms with E-state index in [4.69, 9.17) is 9.47 Å². The molecular weight excluding hydrogens is 352 g/mol. The van der Waals surface area contributed by atoms with E-state index in [-0.39, 0.29) is 17.1 Å². The molecule has 2 aromatic carbocycles. The lowest BCUT2D eigenvalue weighted by molar-refractivity contribution is -0.115. The Morgan fingerprint density at radius 3 is 2.00 bits per heavy atom. The summed E-state index contributed by atoms with van der Waals surface area (Å²) in [5, 5.41) is 5.28. The first-order valence-corrected chi connectivity index (χ1v) is 8.87. The number of ether oxygens (including phenoxy) is 2. The number of anilines is 2. The third-order valence-electron chi connectivity index (χ3n) is 3.48. The normalized spacial score (nSPS) is 11.4. The van der Waals surface area contributed by atoms with Gasteiger partial charge in [0.15, 0.2) is 0 Å². The average molecular weight is 374 g/mol. The van der Waals surface area contributed by atoms with Gasteiger partial charge in [0.1, 0.15) is 11.5 Å². The molecule has 0 aromatic heterocycles. The van der Waals surface area contributed by atoms with Crippen LogP contribution >= 0.6 is 11.8 Å². The van der Waals surface area contributed by atoms with Gasteiger partial charge in [0.25, 0.3) is 0 Å². The van der Waals surface area contributed by atoms with E-state index in [0.29, 0.717) is 17.2 Å². The highest BCUT2D eigenvalue weighted by atomic mass is 32.2. The summed E-state index contributed by atoms with van der Waals surface area (Å²) in [6.07, 6.45) is 0. The van der Waals surface area contributed by atoms with E-state index in [2.05, 4.69) is 10.6 Å². The first-order valence-electron chi connectivity index (χ1n) is 7.99. The number of nitrogens with one attached hydrogen (secondary N) is 2. The van der Waals surface area contributed by atoms with Gasteiger partial charge in [-0.25, -0.2) is 0 Å². The second kappa shape index (κ2) is 9.15. The van der Waals surface area contributed by atoms with Gasteiger partial charge >= 0.3 is 0 Å². The predicted octanol–water partition coefficient (Wildman–Crippen LogP) is 3.78. The van der Waals surface area contributed by atoms with E-state index in [1.807, 2.05) is 19.1 Å². The lowest BCUT2D eigenvalue weighted by Crippen LogP contribution is -2.22. The zero-order valence-corrected chi connectivity index (χ0v) is 16.0. The molecule has 0 aliphatic rings. The zero-order chi connectivity index (χ0) is 19.1. The van der Waals surface area contributed by atoms with Crippen molar-refractivity contribution in [2.24, 2.45) is 0 Å². The van der Waals surface area contributed by atoms with Gasteiger partial charge in [0.05, 0.1) is 19.5 Å². The van der Waals surface area contributed by atoms with Gasteiger partial charge in [-0.1, -0.05) is 0 Å². The number of carbonyl (C=O) groups excluding carboxylic acids is 2. The second-order valence-electron chi connectivity index (χ2n) is 5.56. The number of thioether (sulfide) groups is 1. The van der Waals surface area contributed by atoms with Crippen molar-refractivity contribution < 1.29 is 19.1 Å². The minimum Gasteiger partial charge on any atom is -0.497 e. The van der Waals surface area contributed by atoms with E-state index < -0.39 is 0 Å². The molecule has 0 unspecified atom stereocenters. The molecule has 138 valence electrons. The minimum atomic E-state index is -0.307. The Bertz CT molecular complexity index is 755. The van der Waals surface area contributed by atoms with E-state index in [1.165, 1.54) is 18.7 Å². The molecule has 0 fully saturated rings. The highest BCUT2D eigenvalue weighted by Crippen LogP contribution is 2.28. The molecule has 2 aromatic rings. The SMILES string of the molecule is COc1cc(NC(=O)[C@H](C)Sc2ccc(NC(C)=O)cc2)cc(OC)c1. The van der Waals surface area contributed by atoms with Crippen LogP contribution in [-0.4, -0.2) is 31.3 Å². The average Bonchev–Trinajstić information content (AvgIpc) is 2.62. The maximum absolute atomic E-state index is 12.5. The van der Waals surface area contributed by atoms with E-state index in [1.54, 1.807) is 44.6 Å². The third-order valence-corrected chi connectivity index (χ3v) is 4.59. The molecule has 1 atom stereocenters. The molecule has 0 saturated carbocycles. The van der Waals surface area contributed by atoms with Crippen molar-refractivity contribution in [2.45, 2.75) is 24.0 Å². The molecule has 0 aliphatic heterocycles. The topological polar surface area (TPSA) is 76.7 Å². The smallest absolute Gasteiger partial charge is 0.237 e. The standard InChI is InChI=1S/C19H22N2O4S/c1-12(26-18-7-5-14(6-8-18)20-13(2)22)19(23)21-15-9-16(24-3)11-17(10-15)25-4/h5-12H,1-4H3,(H,20,22)(H,21,23)/t12-/m0/s1. The number of hydrogen-bond donors (Lipinski definition) is 2. The summed E-state index contributed by atoms with van der Waals surface area (Å²) in [5.41, 5.74) is 1.34. The third kappa shape index (κ3) is 5.70. The monoisotopic (exact) mass is 374 g/mol. The van der Waals surface area contributed by atoms with Gasteiger partial charge in [-0.05, 0) is 31.2 Å². The van der Waals surface area contributed by atoms with Crippen molar-refractivity contribution >= 4 is 35.0 Å². The van der Waals surface area contributed by atoms with Crippen molar-refractivity contribution in [1.29, 1.82) is 0 Å². The number of rotatable bonds is 7. The van der Waals surface area contributed by atoms with Gasteiger partial charge in [-0.2, -0.15) is 0 Å². The Kier molecular flexibility index (Phi) is 6.91. The van der Waals surface area contributed by atoms with Gasteiger partial charge < -0.3 is 20.1 Å². The van der Waals surface area contributed by atoms with Crippen LogP contribution in [-0.2, 0) is 9.59 Å². The van der Waals surface area contributed by atoms with E-state index >= 15 is 0 Å². The summed E-state index contributed by atoms with van der Waals surface area (Å²) < 4.78 is 10.4. The Hall–Kier alpha value is -2.67. The van der Waals surface area contributed by atoms with Gasteiger partial charge in [-0.15, -0.1) is 11.8 Å². The molecule has 0 spiro atoms. The zero-order valence-electron chi connectivity index (χ0n) is 15.2. The van der Waals surface area contributed by atoms with Gasteiger partial charge in [0, 0.05) is 41.4 Å². The number of benzene rings is 2. The number of hydrogen-bond acceptors (Lipinski definition) is 5. The molecule has 26 heavy (non-hydrogen) atoms. The minimum absolute atomic E-state index is 0.119. The molecule has 0 saturated heterocycles. The van der Waals surface area contributed by atoms with Gasteiger partial charge in [0.2, 0.25) is 11.8 Å². The Morgan fingerprint density at radius 2 is 1.50 bits per heavy atom. The van der Waals surface area contributed by atoms with Crippen LogP contribution in [0.1, 0.15) is 13.8 Å². The Balaban J connectivity index is 2.00. The summed E-state index contributed by atoms with van der Waals surface area (Å²) in [5.74, 6) is 0.963. The van der Waals surface area contributed by atoms with Crippen molar-refractivity contribution in [3.05, 3.63) is 42.5 Å². The maximum atomic E-state index is 12.5. The van der Waals surface area contributed by atoms with Crippen molar-refractivity contribution in [3.8, 4) is 11.5 Å². The molecule has 2 rings (SSSR count). The molecule has 2 N–H and O–H groups in total. The van der Waals surface area contributed by atoms with Crippen molar-refractivity contribution in [1.82, 2.24) is 0 Å². The van der Waals surface area contributed by atoms with Crippen molar-refractivity contribution in [3.63, 3.8) is 0 Å². The molecule has 2 amide bonds. The molecular formula is C19H22N2O4S. The van der Waals surface area contributed by atoms with Crippen molar-refractivity contribution in [2.75, 3.05) is 24.9 Å². The highest BCUT2D eigenvalue weighted by Gasteiger charge is 2.15. The van der Waals surface area contributed by atoms with E-state index in [9.17, 15) is 9.59 Å². The van der Waals surface area contributed by atoms with Crippen LogP contribution < -0.4 is 20.1 Å². The molecule has 0 aliphatic carbocycles. The van der Waals surface area contributed by atoms with Crippen LogP contribution in [0.5, 0.6) is 11.5 Å². The maximum Gasteiger partial charge on any atom is 0.237 e. The summed E-state index contributed by atoms with van der Waals surface area (Å²) in [7, 11) is 3.12. The highest BCUT2D eigenvalue weighted by molar-refractivity contribution is 8.00. The quantitative estimate of drug-likeness (QED) is 0.721. The first-order chi connectivity index (χ1) is 12.4. The molecule has 7 heteroatoms. The van der Waals surface area contributed by atoms with Crippen LogP contribution in [0.25, 0.3) is 0 Å². The summed E-state index contributed by atoms with van der Waals surface area (Å²) in [4.78, 5) is 24.4. The van der Waals surface area contributed by atoms with Crippen LogP contribution in [0.2, 0.25) is 0 Å². The van der Waals surface area contributed by atoms with Crippen LogP contribution in [0.15, 0.2) is 47.4 Å². The second-order valence-corrected chi connectivity index (χ2v) is 6.97. The van der Waals surface area contributed by atoms with Crippen LogP contribution in [0.3, 0.4) is 0 Å². The lowest BCUT2D eigenvalue weighted by atomic mass is 10.2. The van der Waals surface area contributed by atoms with E-state index in [0.717, 1.165) is 10.6 Å². The number of carbonyl (C=O) groups is 2. The van der Waals surface area contributed by atoms with Crippen LogP contribution in [0.4, 0.5) is 11.4 Å². The van der Waals surface area contributed by atoms with Gasteiger partial charge in [-0.3, -0.25) is 9.59 Å². The largest absolute Gasteiger partial charge is 0.497 e. The molecule has 0 radical (unpaired) electrons.